The second kappa shape index (κ2) is 9.61. The average molecular weight is 355 g/mol. The van der Waals surface area contributed by atoms with Crippen LogP contribution in [0.5, 0.6) is 5.75 Å². The molecule has 2 aromatic carbocycles. The highest BCUT2D eigenvalue weighted by molar-refractivity contribution is 5.79. The Morgan fingerprint density at radius 2 is 1.73 bits per heavy atom. The Bertz CT molecular complexity index is 730. The minimum Gasteiger partial charge on any atom is -0.494 e. The molecule has 0 aliphatic heterocycles. The molecule has 26 heavy (non-hydrogen) atoms. The van der Waals surface area contributed by atoms with E-state index in [-0.39, 0.29) is 18.2 Å². The maximum Gasteiger partial charge on any atom is 0.305 e. The molecule has 0 aliphatic rings. The monoisotopic (exact) mass is 355 g/mol. The van der Waals surface area contributed by atoms with Crippen molar-refractivity contribution in [1.29, 1.82) is 0 Å². The van der Waals surface area contributed by atoms with Crippen molar-refractivity contribution in [3.63, 3.8) is 0 Å². The molecule has 2 rings (SSSR count). The summed E-state index contributed by atoms with van der Waals surface area (Å²) >= 11 is 0. The maximum absolute atomic E-state index is 12.5. The number of hydrogen-bond donors (Lipinski definition) is 2. The average Bonchev–Trinajstić information content (AvgIpc) is 2.62. The van der Waals surface area contributed by atoms with E-state index in [0.29, 0.717) is 13.0 Å². The maximum atomic E-state index is 12.5. The fourth-order valence-electron chi connectivity index (χ4n) is 2.71. The molecular formula is C21H25NO4. The quantitative estimate of drug-likeness (QED) is 0.719. The molecule has 0 saturated carbocycles. The van der Waals surface area contributed by atoms with Crippen LogP contribution in [0.15, 0.2) is 54.6 Å². The molecule has 2 unspecified atom stereocenters. The molecule has 0 aliphatic carbocycles. The molecule has 5 nitrogen and oxygen atoms in total. The molecule has 0 aromatic heterocycles. The van der Waals surface area contributed by atoms with Crippen LogP contribution in [0.1, 0.15) is 36.9 Å². The number of ether oxygens (including phenoxy) is 1. The summed E-state index contributed by atoms with van der Waals surface area (Å²) in [5.41, 5.74) is 1.79. The third-order valence-electron chi connectivity index (χ3n) is 4.27. The van der Waals surface area contributed by atoms with Crippen LogP contribution < -0.4 is 10.1 Å². The third-order valence-corrected chi connectivity index (χ3v) is 4.27. The smallest absolute Gasteiger partial charge is 0.305 e. The number of carboxylic acid groups (broad SMARTS) is 1. The lowest BCUT2D eigenvalue weighted by molar-refractivity contribution is -0.138. The summed E-state index contributed by atoms with van der Waals surface area (Å²) in [5, 5.41) is 12.1. The first-order valence-electron chi connectivity index (χ1n) is 8.73. The Labute approximate surface area is 154 Å². The topological polar surface area (TPSA) is 75.6 Å². The fourth-order valence-corrected chi connectivity index (χ4v) is 2.71. The molecule has 0 saturated heterocycles. The van der Waals surface area contributed by atoms with Gasteiger partial charge in [0.25, 0.3) is 0 Å². The highest BCUT2D eigenvalue weighted by atomic mass is 16.5. The highest BCUT2D eigenvalue weighted by Crippen LogP contribution is 2.21. The van der Waals surface area contributed by atoms with Gasteiger partial charge in [-0.25, -0.2) is 0 Å². The van der Waals surface area contributed by atoms with Crippen LogP contribution in [0, 0.1) is 12.8 Å². The Morgan fingerprint density at radius 3 is 2.38 bits per heavy atom. The second-order valence-electron chi connectivity index (χ2n) is 6.37. The summed E-state index contributed by atoms with van der Waals surface area (Å²) in [4.78, 5) is 23.7. The van der Waals surface area contributed by atoms with Gasteiger partial charge in [-0.05, 0) is 36.6 Å². The summed E-state index contributed by atoms with van der Waals surface area (Å²) < 4.78 is 5.63. The molecule has 0 radical (unpaired) electrons. The van der Waals surface area contributed by atoms with Gasteiger partial charge >= 0.3 is 5.97 Å². The van der Waals surface area contributed by atoms with Crippen molar-refractivity contribution in [1.82, 2.24) is 5.32 Å². The van der Waals surface area contributed by atoms with Gasteiger partial charge in [0, 0.05) is 5.92 Å². The van der Waals surface area contributed by atoms with Crippen LogP contribution in [0.3, 0.4) is 0 Å². The SMILES string of the molecule is Cc1ccccc1C(CC(=O)O)NC(=O)C(C)CCOc1ccccc1. The van der Waals surface area contributed by atoms with Gasteiger partial charge < -0.3 is 15.2 Å². The van der Waals surface area contributed by atoms with E-state index < -0.39 is 12.0 Å². The largest absolute Gasteiger partial charge is 0.494 e. The molecule has 0 fully saturated rings. The van der Waals surface area contributed by atoms with Crippen molar-refractivity contribution in [2.24, 2.45) is 5.92 Å². The number of nitrogens with one attached hydrogen (secondary N) is 1. The van der Waals surface area contributed by atoms with Gasteiger partial charge in [-0.2, -0.15) is 0 Å². The number of carboxylic acids is 1. The van der Waals surface area contributed by atoms with E-state index in [2.05, 4.69) is 5.32 Å². The molecule has 2 atom stereocenters. The Morgan fingerprint density at radius 1 is 1.08 bits per heavy atom. The molecule has 138 valence electrons. The van der Waals surface area contributed by atoms with E-state index >= 15 is 0 Å². The summed E-state index contributed by atoms with van der Waals surface area (Å²) in [5.74, 6) is -0.627. The standard InChI is InChI=1S/C21H25NO4/c1-15-8-6-7-11-18(15)19(14-20(23)24)22-21(25)16(2)12-13-26-17-9-4-3-5-10-17/h3-11,16,19H,12-14H2,1-2H3,(H,22,25)(H,23,24). The lowest BCUT2D eigenvalue weighted by atomic mass is 9.97. The molecule has 0 heterocycles. The van der Waals surface area contributed by atoms with E-state index in [4.69, 9.17) is 4.74 Å². The van der Waals surface area contributed by atoms with Crippen LogP contribution in [0.25, 0.3) is 0 Å². The van der Waals surface area contributed by atoms with E-state index in [1.54, 1.807) is 0 Å². The van der Waals surface area contributed by atoms with Crippen molar-refractivity contribution < 1.29 is 19.4 Å². The zero-order valence-electron chi connectivity index (χ0n) is 15.1. The van der Waals surface area contributed by atoms with Crippen molar-refractivity contribution >= 4 is 11.9 Å². The summed E-state index contributed by atoms with van der Waals surface area (Å²) in [6.45, 7) is 4.15. The van der Waals surface area contributed by atoms with Crippen molar-refractivity contribution in [2.45, 2.75) is 32.7 Å². The van der Waals surface area contributed by atoms with Crippen LogP contribution in [-0.4, -0.2) is 23.6 Å². The predicted octanol–water partition coefficient (Wildman–Crippen LogP) is 3.73. The van der Waals surface area contributed by atoms with Gasteiger partial charge in [-0.3, -0.25) is 9.59 Å². The van der Waals surface area contributed by atoms with Gasteiger partial charge in [0.15, 0.2) is 0 Å². The normalized spacial score (nSPS) is 12.8. The van der Waals surface area contributed by atoms with Crippen molar-refractivity contribution in [3.05, 3.63) is 65.7 Å². The number of para-hydroxylation sites is 1. The minimum absolute atomic E-state index is 0.149. The number of benzene rings is 2. The number of carbonyl (C=O) groups is 2. The number of amides is 1. The Hall–Kier alpha value is -2.82. The van der Waals surface area contributed by atoms with E-state index in [0.717, 1.165) is 16.9 Å². The number of aryl methyl sites for hydroxylation is 1. The fraction of sp³-hybridized carbons (Fsp3) is 0.333. The predicted molar refractivity (Wildman–Crippen MR) is 100 cm³/mol. The molecule has 2 N–H and O–H groups in total. The first-order chi connectivity index (χ1) is 12.5. The molecule has 1 amide bonds. The second-order valence-corrected chi connectivity index (χ2v) is 6.37. The Kier molecular flexibility index (Phi) is 7.21. The minimum atomic E-state index is -0.946. The number of aliphatic carboxylic acids is 1. The van der Waals surface area contributed by atoms with E-state index in [1.165, 1.54) is 0 Å². The zero-order chi connectivity index (χ0) is 18.9. The first kappa shape index (κ1) is 19.5. The number of carbonyl (C=O) groups excluding carboxylic acids is 1. The van der Waals surface area contributed by atoms with Crippen LogP contribution >= 0.6 is 0 Å². The summed E-state index contributed by atoms with van der Waals surface area (Å²) in [6, 6.07) is 16.4. The first-order valence-corrected chi connectivity index (χ1v) is 8.73. The van der Waals surface area contributed by atoms with Crippen LogP contribution in [0.2, 0.25) is 0 Å². The number of rotatable bonds is 9. The van der Waals surface area contributed by atoms with Crippen molar-refractivity contribution in [3.8, 4) is 5.75 Å². The van der Waals surface area contributed by atoms with Gasteiger partial charge in [0.2, 0.25) is 5.91 Å². The van der Waals surface area contributed by atoms with Crippen LogP contribution in [-0.2, 0) is 9.59 Å². The van der Waals surface area contributed by atoms with E-state index in [1.807, 2.05) is 68.4 Å². The third kappa shape index (κ3) is 5.92. The van der Waals surface area contributed by atoms with Crippen LogP contribution in [0.4, 0.5) is 0 Å². The molecular weight excluding hydrogens is 330 g/mol. The number of hydrogen-bond acceptors (Lipinski definition) is 3. The molecule has 5 heteroatoms. The lowest BCUT2D eigenvalue weighted by Crippen LogP contribution is -2.35. The van der Waals surface area contributed by atoms with Crippen molar-refractivity contribution in [2.75, 3.05) is 6.61 Å². The molecule has 0 bridgehead atoms. The summed E-state index contributed by atoms with van der Waals surface area (Å²) in [7, 11) is 0. The lowest BCUT2D eigenvalue weighted by Gasteiger charge is -2.22. The van der Waals surface area contributed by atoms with Gasteiger partial charge in [0.05, 0.1) is 19.1 Å². The van der Waals surface area contributed by atoms with Gasteiger partial charge in [-0.15, -0.1) is 0 Å². The highest BCUT2D eigenvalue weighted by Gasteiger charge is 2.22. The van der Waals surface area contributed by atoms with Gasteiger partial charge in [-0.1, -0.05) is 49.4 Å². The van der Waals surface area contributed by atoms with Gasteiger partial charge in [0.1, 0.15) is 5.75 Å². The molecule has 2 aromatic rings. The Balaban J connectivity index is 1.93. The summed E-state index contributed by atoms with van der Waals surface area (Å²) in [6.07, 6.45) is 0.401. The molecule has 0 spiro atoms. The zero-order valence-corrected chi connectivity index (χ0v) is 15.1. The van der Waals surface area contributed by atoms with E-state index in [9.17, 15) is 14.7 Å².